The Hall–Kier alpha value is -3.28. The second-order valence-corrected chi connectivity index (χ2v) is 6.94. The maximum atomic E-state index is 12.6. The van der Waals surface area contributed by atoms with Gasteiger partial charge in [0, 0.05) is 50.8 Å². The zero-order valence-electron chi connectivity index (χ0n) is 15.9. The molecule has 1 saturated heterocycles. The lowest BCUT2D eigenvalue weighted by atomic mass is 10.1. The van der Waals surface area contributed by atoms with Gasteiger partial charge in [-0.25, -0.2) is 4.79 Å². The van der Waals surface area contributed by atoms with Crippen LogP contribution in [0, 0.1) is 0 Å². The van der Waals surface area contributed by atoms with E-state index in [1.807, 2.05) is 40.0 Å². The Morgan fingerprint density at radius 3 is 2.32 bits per heavy atom. The van der Waals surface area contributed by atoms with Gasteiger partial charge in [-0.15, -0.1) is 0 Å². The molecule has 28 heavy (non-hydrogen) atoms. The van der Waals surface area contributed by atoms with Gasteiger partial charge in [0.2, 0.25) is 0 Å². The number of aromatic nitrogens is 2. The van der Waals surface area contributed by atoms with E-state index in [1.165, 1.54) is 11.3 Å². The quantitative estimate of drug-likeness (QED) is 0.746. The molecule has 1 aromatic heterocycles. The van der Waals surface area contributed by atoms with E-state index in [2.05, 4.69) is 51.7 Å². The summed E-state index contributed by atoms with van der Waals surface area (Å²) < 4.78 is 1.89. The summed E-state index contributed by atoms with van der Waals surface area (Å²) in [5, 5.41) is 7.35. The standard InChI is InChI=1S/C22H25N5O/c28-22(26-15-13-25(14-16-26)21-9-2-1-3-10-21)23-17-19-7-4-5-8-20(19)18-27-12-6-11-24-27/h1-12H,13-18H2,(H,23,28). The Kier molecular flexibility index (Phi) is 5.56. The molecule has 0 radical (unpaired) electrons. The van der Waals surface area contributed by atoms with E-state index >= 15 is 0 Å². The number of urea groups is 1. The van der Waals surface area contributed by atoms with Gasteiger partial charge >= 0.3 is 6.03 Å². The molecule has 2 amide bonds. The summed E-state index contributed by atoms with van der Waals surface area (Å²) in [6.07, 6.45) is 3.72. The van der Waals surface area contributed by atoms with Crippen LogP contribution in [0.2, 0.25) is 0 Å². The third-order valence-electron chi connectivity index (χ3n) is 5.13. The van der Waals surface area contributed by atoms with Gasteiger partial charge in [-0.1, -0.05) is 42.5 Å². The highest BCUT2D eigenvalue weighted by Gasteiger charge is 2.21. The van der Waals surface area contributed by atoms with E-state index in [0.29, 0.717) is 13.1 Å². The fourth-order valence-electron chi connectivity index (χ4n) is 3.54. The smallest absolute Gasteiger partial charge is 0.317 e. The molecule has 6 heteroatoms. The minimum atomic E-state index is 0.00149. The average Bonchev–Trinajstić information content (AvgIpc) is 3.27. The van der Waals surface area contributed by atoms with Crippen LogP contribution in [0.1, 0.15) is 11.1 Å². The Bertz CT molecular complexity index is 886. The highest BCUT2D eigenvalue weighted by molar-refractivity contribution is 5.74. The molecule has 0 bridgehead atoms. The third kappa shape index (κ3) is 4.34. The molecule has 0 atom stereocenters. The zero-order chi connectivity index (χ0) is 19.2. The van der Waals surface area contributed by atoms with Gasteiger partial charge < -0.3 is 15.1 Å². The van der Waals surface area contributed by atoms with Crippen LogP contribution in [0.3, 0.4) is 0 Å². The van der Waals surface area contributed by atoms with Crippen LogP contribution < -0.4 is 10.2 Å². The minimum absolute atomic E-state index is 0.00149. The summed E-state index contributed by atoms with van der Waals surface area (Å²) in [6.45, 7) is 4.40. The van der Waals surface area contributed by atoms with Crippen LogP contribution >= 0.6 is 0 Å². The van der Waals surface area contributed by atoms with Crippen LogP contribution in [-0.2, 0) is 13.1 Å². The summed E-state index contributed by atoms with van der Waals surface area (Å²) in [4.78, 5) is 16.8. The van der Waals surface area contributed by atoms with Gasteiger partial charge in [0.15, 0.2) is 0 Å². The molecule has 3 aromatic rings. The highest BCUT2D eigenvalue weighted by atomic mass is 16.2. The number of amides is 2. The first-order chi connectivity index (χ1) is 13.8. The lowest BCUT2D eigenvalue weighted by Crippen LogP contribution is -2.51. The summed E-state index contributed by atoms with van der Waals surface area (Å²) in [6, 6.07) is 20.5. The summed E-state index contributed by atoms with van der Waals surface area (Å²) in [7, 11) is 0. The second-order valence-electron chi connectivity index (χ2n) is 6.94. The Balaban J connectivity index is 1.31. The number of anilines is 1. The number of nitrogens with zero attached hydrogens (tertiary/aromatic N) is 4. The molecule has 1 fully saturated rings. The van der Waals surface area contributed by atoms with E-state index in [9.17, 15) is 4.79 Å². The van der Waals surface area contributed by atoms with Crippen molar-refractivity contribution < 1.29 is 4.79 Å². The Morgan fingerprint density at radius 2 is 1.61 bits per heavy atom. The van der Waals surface area contributed by atoms with Crippen LogP contribution in [0.4, 0.5) is 10.5 Å². The lowest BCUT2D eigenvalue weighted by Gasteiger charge is -2.36. The molecule has 1 N–H and O–H groups in total. The Morgan fingerprint density at radius 1 is 0.893 bits per heavy atom. The number of hydrogen-bond acceptors (Lipinski definition) is 3. The normalized spacial score (nSPS) is 14.1. The van der Waals surface area contributed by atoms with Gasteiger partial charge in [-0.05, 0) is 29.3 Å². The molecule has 1 aliphatic heterocycles. The number of rotatable bonds is 5. The molecular weight excluding hydrogens is 350 g/mol. The number of carbonyl (C=O) groups is 1. The molecule has 2 aromatic carbocycles. The van der Waals surface area contributed by atoms with Crippen molar-refractivity contribution in [1.82, 2.24) is 20.0 Å². The predicted octanol–water partition coefficient (Wildman–Crippen LogP) is 2.96. The Labute approximate surface area is 165 Å². The van der Waals surface area contributed by atoms with E-state index in [4.69, 9.17) is 0 Å². The maximum absolute atomic E-state index is 12.6. The van der Waals surface area contributed by atoms with E-state index < -0.39 is 0 Å². The van der Waals surface area contributed by atoms with Gasteiger partial charge in [0.05, 0.1) is 6.54 Å². The SMILES string of the molecule is O=C(NCc1ccccc1Cn1cccn1)N1CCN(c2ccccc2)CC1. The van der Waals surface area contributed by atoms with Crippen molar-refractivity contribution in [1.29, 1.82) is 0 Å². The van der Waals surface area contributed by atoms with Gasteiger partial charge in [0.25, 0.3) is 0 Å². The number of piperazine rings is 1. The van der Waals surface area contributed by atoms with Crippen molar-refractivity contribution in [3.8, 4) is 0 Å². The monoisotopic (exact) mass is 375 g/mol. The molecule has 6 nitrogen and oxygen atoms in total. The molecule has 0 unspecified atom stereocenters. The molecular formula is C22H25N5O. The average molecular weight is 375 g/mol. The van der Waals surface area contributed by atoms with E-state index in [-0.39, 0.29) is 6.03 Å². The molecule has 4 rings (SSSR count). The topological polar surface area (TPSA) is 53.4 Å². The first kappa shape index (κ1) is 18.1. The van der Waals surface area contributed by atoms with Crippen molar-refractivity contribution >= 4 is 11.7 Å². The van der Waals surface area contributed by atoms with Crippen molar-refractivity contribution in [2.75, 3.05) is 31.1 Å². The first-order valence-electron chi connectivity index (χ1n) is 9.66. The van der Waals surface area contributed by atoms with E-state index in [1.54, 1.807) is 6.20 Å². The summed E-state index contributed by atoms with van der Waals surface area (Å²) in [5.41, 5.74) is 3.50. The van der Waals surface area contributed by atoms with E-state index in [0.717, 1.165) is 31.7 Å². The molecule has 0 saturated carbocycles. The maximum Gasteiger partial charge on any atom is 0.317 e. The van der Waals surface area contributed by atoms with Gasteiger partial charge in [-0.3, -0.25) is 4.68 Å². The molecule has 0 spiro atoms. The van der Waals surface area contributed by atoms with Crippen molar-refractivity contribution in [3.05, 3.63) is 84.2 Å². The summed E-state index contributed by atoms with van der Waals surface area (Å²) >= 11 is 0. The predicted molar refractivity (Wildman–Crippen MR) is 110 cm³/mol. The highest BCUT2D eigenvalue weighted by Crippen LogP contribution is 2.16. The fourth-order valence-corrected chi connectivity index (χ4v) is 3.54. The lowest BCUT2D eigenvalue weighted by molar-refractivity contribution is 0.194. The molecule has 1 aliphatic rings. The third-order valence-corrected chi connectivity index (χ3v) is 5.13. The van der Waals surface area contributed by atoms with Crippen LogP contribution in [0.5, 0.6) is 0 Å². The molecule has 2 heterocycles. The second kappa shape index (κ2) is 8.61. The van der Waals surface area contributed by atoms with Crippen molar-refractivity contribution in [2.45, 2.75) is 13.1 Å². The minimum Gasteiger partial charge on any atom is -0.368 e. The number of para-hydroxylation sites is 1. The number of hydrogen-bond donors (Lipinski definition) is 1. The van der Waals surface area contributed by atoms with Gasteiger partial charge in [-0.2, -0.15) is 5.10 Å². The fraction of sp³-hybridized carbons (Fsp3) is 0.273. The van der Waals surface area contributed by atoms with Crippen LogP contribution in [0.15, 0.2) is 73.1 Å². The number of nitrogens with one attached hydrogen (secondary N) is 1. The van der Waals surface area contributed by atoms with Gasteiger partial charge in [0.1, 0.15) is 0 Å². The first-order valence-corrected chi connectivity index (χ1v) is 9.66. The largest absolute Gasteiger partial charge is 0.368 e. The molecule has 0 aliphatic carbocycles. The number of carbonyl (C=O) groups excluding carboxylic acids is 1. The van der Waals surface area contributed by atoms with Crippen LogP contribution in [0.25, 0.3) is 0 Å². The summed E-state index contributed by atoms with van der Waals surface area (Å²) in [5.74, 6) is 0. The number of benzene rings is 2. The van der Waals surface area contributed by atoms with Crippen molar-refractivity contribution in [3.63, 3.8) is 0 Å². The van der Waals surface area contributed by atoms with Crippen LogP contribution in [-0.4, -0.2) is 46.9 Å². The zero-order valence-corrected chi connectivity index (χ0v) is 15.9. The molecule has 144 valence electrons. The van der Waals surface area contributed by atoms with Crippen molar-refractivity contribution in [2.24, 2.45) is 0 Å².